The molecule has 0 amide bonds. The minimum atomic E-state index is 0. The summed E-state index contributed by atoms with van der Waals surface area (Å²) in [7, 11) is 1.96. The molecule has 0 aliphatic heterocycles. The van der Waals surface area contributed by atoms with Crippen LogP contribution in [-0.4, -0.2) is 47.3 Å². The molecule has 0 aromatic carbocycles. The van der Waals surface area contributed by atoms with Gasteiger partial charge >= 0.3 is 29.6 Å². The second-order valence-electron chi connectivity index (χ2n) is 3.07. The van der Waals surface area contributed by atoms with Crippen molar-refractivity contribution in [3.8, 4) is 0 Å². The van der Waals surface area contributed by atoms with Gasteiger partial charge < -0.3 is 34.6 Å². The zero-order chi connectivity index (χ0) is 10.3. The molecule has 2 nitrogen and oxygen atoms in total. The largest absolute Gasteiger partial charge is 1.00 e. The molecular formula is C9H19N2NaS2. The summed E-state index contributed by atoms with van der Waals surface area (Å²) in [6.07, 6.45) is 1.13. The van der Waals surface area contributed by atoms with Crippen LogP contribution in [0.25, 0.3) is 0 Å². The van der Waals surface area contributed by atoms with Crippen LogP contribution in [0.4, 0.5) is 0 Å². The first kappa shape index (κ1) is 17.5. The van der Waals surface area contributed by atoms with Gasteiger partial charge in [0.2, 0.25) is 0 Å². The molecule has 0 aliphatic rings. The van der Waals surface area contributed by atoms with Crippen molar-refractivity contribution in [2.45, 2.75) is 20.3 Å². The van der Waals surface area contributed by atoms with Crippen LogP contribution in [-0.2, 0) is 12.6 Å². The van der Waals surface area contributed by atoms with Crippen molar-refractivity contribution < 1.29 is 29.6 Å². The Morgan fingerprint density at radius 2 is 1.71 bits per heavy atom. The van der Waals surface area contributed by atoms with Gasteiger partial charge in [-0.15, -0.1) is 0 Å². The summed E-state index contributed by atoms with van der Waals surface area (Å²) in [4.78, 5) is 4.36. The van der Waals surface area contributed by atoms with E-state index < -0.39 is 0 Å². The number of hydrogen-bond acceptors (Lipinski definition) is 3. The van der Waals surface area contributed by atoms with Crippen LogP contribution in [0.15, 0.2) is 0 Å². The fourth-order valence-corrected chi connectivity index (χ4v) is 1.35. The van der Waals surface area contributed by atoms with E-state index in [1.54, 1.807) is 0 Å². The Morgan fingerprint density at radius 1 is 1.21 bits per heavy atom. The molecule has 0 N–H and O–H groups in total. The first-order valence-electron chi connectivity index (χ1n) is 4.76. The fourth-order valence-electron chi connectivity index (χ4n) is 1.16. The van der Waals surface area contributed by atoms with Crippen LogP contribution in [0.1, 0.15) is 20.3 Å². The normalized spacial score (nSPS) is 9.71. The number of thiocarbonyl (C=S) groups is 1. The van der Waals surface area contributed by atoms with E-state index in [1.807, 2.05) is 11.9 Å². The van der Waals surface area contributed by atoms with Gasteiger partial charge in [-0.2, -0.15) is 0 Å². The van der Waals surface area contributed by atoms with Crippen molar-refractivity contribution in [1.82, 2.24) is 9.80 Å². The first-order valence-corrected chi connectivity index (χ1v) is 5.57. The molecule has 14 heavy (non-hydrogen) atoms. The summed E-state index contributed by atoms with van der Waals surface area (Å²) in [6.45, 7) is 8.72. The Morgan fingerprint density at radius 3 is 2.07 bits per heavy atom. The Labute approximate surface area is 121 Å². The molecule has 0 aromatic heterocycles. The van der Waals surface area contributed by atoms with Gasteiger partial charge in [-0.1, -0.05) is 18.2 Å². The molecule has 0 heterocycles. The predicted molar refractivity (Wildman–Crippen MR) is 65.0 cm³/mol. The van der Waals surface area contributed by atoms with Gasteiger partial charge in [-0.05, 0) is 26.1 Å². The number of hydrogen-bond donors (Lipinski definition) is 0. The molecule has 0 rings (SSSR count). The van der Waals surface area contributed by atoms with Crippen LogP contribution in [0.5, 0.6) is 0 Å². The summed E-state index contributed by atoms with van der Waals surface area (Å²) < 4.78 is 0.569. The van der Waals surface area contributed by atoms with Gasteiger partial charge in [0.25, 0.3) is 0 Å². The summed E-state index contributed by atoms with van der Waals surface area (Å²) in [5, 5.41) is 0. The Bertz CT molecular complexity index is 152. The van der Waals surface area contributed by atoms with Gasteiger partial charge in [-0.3, -0.25) is 0 Å². The van der Waals surface area contributed by atoms with Crippen LogP contribution < -0.4 is 29.6 Å². The number of rotatable bonds is 6. The quantitative estimate of drug-likeness (QED) is 0.317. The molecule has 5 heteroatoms. The van der Waals surface area contributed by atoms with E-state index in [-0.39, 0.29) is 29.6 Å². The molecular weight excluding hydrogens is 223 g/mol. The van der Waals surface area contributed by atoms with E-state index in [0.717, 1.165) is 32.6 Å². The van der Waals surface area contributed by atoms with Gasteiger partial charge in [0.1, 0.15) is 0 Å². The molecule has 0 atom stereocenters. The van der Waals surface area contributed by atoms with Crippen LogP contribution in [0.2, 0.25) is 0 Å². The molecule has 78 valence electrons. The second-order valence-corrected chi connectivity index (χ2v) is 4.10. The van der Waals surface area contributed by atoms with Crippen molar-refractivity contribution in [3.05, 3.63) is 0 Å². The van der Waals surface area contributed by atoms with Crippen LogP contribution >= 0.6 is 12.2 Å². The average molecular weight is 242 g/mol. The second kappa shape index (κ2) is 10.6. The SMILES string of the molecule is CCN(CC)CCCN(C)C(=S)[S-].[Na+]. The third-order valence-electron chi connectivity index (χ3n) is 2.17. The fraction of sp³-hybridized carbons (Fsp3) is 0.889. The number of nitrogens with zero attached hydrogens (tertiary/aromatic N) is 2. The van der Waals surface area contributed by atoms with Crippen LogP contribution in [0, 0.1) is 0 Å². The van der Waals surface area contributed by atoms with Crippen molar-refractivity contribution >= 4 is 29.2 Å². The Hall–Kier alpha value is 1.07. The van der Waals surface area contributed by atoms with Gasteiger partial charge in [0.15, 0.2) is 0 Å². The van der Waals surface area contributed by atoms with Crippen molar-refractivity contribution in [3.63, 3.8) is 0 Å². The molecule has 0 fully saturated rings. The summed E-state index contributed by atoms with van der Waals surface area (Å²) >= 11 is 9.76. The Kier molecular flexibility index (Phi) is 13.2. The van der Waals surface area contributed by atoms with E-state index >= 15 is 0 Å². The van der Waals surface area contributed by atoms with Gasteiger partial charge in [0.05, 0.1) is 0 Å². The first-order chi connectivity index (χ1) is 6.11. The van der Waals surface area contributed by atoms with E-state index in [2.05, 4.69) is 18.7 Å². The third-order valence-corrected chi connectivity index (χ3v) is 2.80. The monoisotopic (exact) mass is 242 g/mol. The smallest absolute Gasteiger partial charge is 0.411 e. The maximum Gasteiger partial charge on any atom is 1.00 e. The minimum absolute atomic E-state index is 0. The van der Waals surface area contributed by atoms with E-state index in [0.29, 0.717) is 4.32 Å². The van der Waals surface area contributed by atoms with E-state index in [9.17, 15) is 0 Å². The molecule has 0 saturated heterocycles. The molecule has 0 radical (unpaired) electrons. The van der Waals surface area contributed by atoms with Crippen molar-refractivity contribution in [1.29, 1.82) is 0 Å². The van der Waals surface area contributed by atoms with Crippen molar-refractivity contribution in [2.24, 2.45) is 0 Å². The topological polar surface area (TPSA) is 6.48 Å². The van der Waals surface area contributed by atoms with E-state index in [1.165, 1.54) is 0 Å². The molecule has 0 aromatic rings. The molecule has 0 spiro atoms. The average Bonchev–Trinajstić information content (AvgIpc) is 2.12. The maximum atomic E-state index is 4.88. The molecule has 0 bridgehead atoms. The van der Waals surface area contributed by atoms with Crippen LogP contribution in [0.3, 0.4) is 0 Å². The van der Waals surface area contributed by atoms with Crippen molar-refractivity contribution in [2.75, 3.05) is 33.2 Å². The Balaban J connectivity index is 0. The zero-order valence-electron chi connectivity index (χ0n) is 9.75. The molecule has 0 unspecified atom stereocenters. The zero-order valence-corrected chi connectivity index (χ0v) is 13.4. The minimum Gasteiger partial charge on any atom is -0.411 e. The summed E-state index contributed by atoms with van der Waals surface area (Å²) in [5.74, 6) is 0. The predicted octanol–water partition coefficient (Wildman–Crippen LogP) is -1.51. The third kappa shape index (κ3) is 8.38. The molecule has 0 aliphatic carbocycles. The van der Waals surface area contributed by atoms with Gasteiger partial charge in [0, 0.05) is 13.6 Å². The van der Waals surface area contributed by atoms with Gasteiger partial charge in [-0.25, -0.2) is 0 Å². The summed E-state index contributed by atoms with van der Waals surface area (Å²) in [6, 6.07) is 0. The van der Waals surface area contributed by atoms with E-state index in [4.69, 9.17) is 24.8 Å². The maximum absolute atomic E-state index is 4.88. The standard InChI is InChI=1S/C9H20N2S2.Na/c1-4-11(5-2)8-6-7-10(3)9(12)13;/h4-8H2,1-3H3,(H,12,13);/q;+1/p-1. The summed E-state index contributed by atoms with van der Waals surface area (Å²) in [5.41, 5.74) is 0. The molecule has 0 saturated carbocycles.